The lowest BCUT2D eigenvalue weighted by atomic mass is 10.2. The Morgan fingerprint density at radius 3 is 2.94 bits per heavy atom. The molecule has 0 amide bonds. The number of rotatable bonds is 4. The highest BCUT2D eigenvalue weighted by Gasteiger charge is 2.10. The zero-order valence-corrected chi connectivity index (χ0v) is 11.0. The van der Waals surface area contributed by atoms with Gasteiger partial charge in [0.15, 0.2) is 5.13 Å². The normalized spacial score (nSPS) is 10.5. The molecular weight excluding hydrogens is 256 g/mol. The van der Waals surface area contributed by atoms with Crippen molar-refractivity contribution in [3.8, 4) is 16.2 Å². The van der Waals surface area contributed by atoms with E-state index in [0.29, 0.717) is 16.8 Å². The van der Waals surface area contributed by atoms with Crippen molar-refractivity contribution in [1.82, 2.24) is 4.98 Å². The van der Waals surface area contributed by atoms with Gasteiger partial charge in [0.1, 0.15) is 5.75 Å². The largest absolute Gasteiger partial charge is 0.493 e. The molecule has 0 atom stereocenters. The molecule has 2 rings (SSSR count). The van der Waals surface area contributed by atoms with Crippen molar-refractivity contribution in [2.75, 3.05) is 12.3 Å². The maximum atomic E-state index is 6.00. The van der Waals surface area contributed by atoms with Crippen LogP contribution in [0.3, 0.4) is 0 Å². The predicted molar refractivity (Wildman–Crippen MR) is 72.8 cm³/mol. The summed E-state index contributed by atoms with van der Waals surface area (Å²) in [6, 6.07) is 5.57. The number of thiazole rings is 1. The first-order chi connectivity index (χ1) is 8.20. The number of aromatic nitrogens is 1. The van der Waals surface area contributed by atoms with Gasteiger partial charge in [0.05, 0.1) is 11.5 Å². The molecule has 0 unspecified atom stereocenters. The standard InChI is InChI=1S/C12H13ClN2OS/c1-2-5-16-10-4-3-8(13)6-9(10)11-7-15-12(14)17-11/h3-4,6-7H,2,5H2,1H3,(H2,14,15). The van der Waals surface area contributed by atoms with E-state index in [4.69, 9.17) is 22.1 Å². The van der Waals surface area contributed by atoms with Crippen molar-refractivity contribution in [3.63, 3.8) is 0 Å². The van der Waals surface area contributed by atoms with Crippen LogP contribution in [0.2, 0.25) is 5.02 Å². The van der Waals surface area contributed by atoms with Gasteiger partial charge in [0, 0.05) is 16.8 Å². The summed E-state index contributed by atoms with van der Waals surface area (Å²) < 4.78 is 5.68. The van der Waals surface area contributed by atoms with E-state index in [1.807, 2.05) is 18.2 Å². The number of hydrogen-bond acceptors (Lipinski definition) is 4. The molecule has 0 aliphatic carbocycles. The number of anilines is 1. The summed E-state index contributed by atoms with van der Waals surface area (Å²) in [5, 5.41) is 1.22. The second-order valence-corrected chi connectivity index (χ2v) is 5.05. The smallest absolute Gasteiger partial charge is 0.180 e. The van der Waals surface area contributed by atoms with Gasteiger partial charge in [-0.25, -0.2) is 4.98 Å². The maximum absolute atomic E-state index is 6.00. The van der Waals surface area contributed by atoms with Crippen molar-refractivity contribution in [2.24, 2.45) is 0 Å². The predicted octanol–water partition coefficient (Wildman–Crippen LogP) is 3.83. The van der Waals surface area contributed by atoms with Gasteiger partial charge in [-0.1, -0.05) is 29.9 Å². The van der Waals surface area contributed by atoms with Crippen LogP contribution in [0.5, 0.6) is 5.75 Å². The van der Waals surface area contributed by atoms with E-state index < -0.39 is 0 Å². The molecule has 17 heavy (non-hydrogen) atoms. The fourth-order valence-corrected chi connectivity index (χ4v) is 2.32. The molecule has 0 aliphatic rings. The van der Waals surface area contributed by atoms with Crippen molar-refractivity contribution in [1.29, 1.82) is 0 Å². The Morgan fingerprint density at radius 1 is 1.47 bits per heavy atom. The fourth-order valence-electron chi connectivity index (χ4n) is 1.44. The van der Waals surface area contributed by atoms with Gasteiger partial charge in [-0.2, -0.15) is 0 Å². The second kappa shape index (κ2) is 5.38. The van der Waals surface area contributed by atoms with E-state index in [0.717, 1.165) is 22.6 Å². The average molecular weight is 269 g/mol. The molecule has 0 spiro atoms. The van der Waals surface area contributed by atoms with Gasteiger partial charge in [-0.3, -0.25) is 0 Å². The van der Waals surface area contributed by atoms with Gasteiger partial charge in [0.2, 0.25) is 0 Å². The molecule has 1 aromatic heterocycles. The van der Waals surface area contributed by atoms with Gasteiger partial charge in [-0.15, -0.1) is 0 Å². The zero-order valence-electron chi connectivity index (χ0n) is 9.44. The first-order valence-corrected chi connectivity index (χ1v) is 6.54. The minimum absolute atomic E-state index is 0.543. The number of nitrogens with zero attached hydrogens (tertiary/aromatic N) is 1. The topological polar surface area (TPSA) is 48.1 Å². The van der Waals surface area contributed by atoms with E-state index in [1.165, 1.54) is 11.3 Å². The summed E-state index contributed by atoms with van der Waals surface area (Å²) in [7, 11) is 0. The summed E-state index contributed by atoms with van der Waals surface area (Å²) >= 11 is 7.43. The van der Waals surface area contributed by atoms with Crippen LogP contribution in [0.15, 0.2) is 24.4 Å². The lowest BCUT2D eigenvalue weighted by Crippen LogP contribution is -1.96. The van der Waals surface area contributed by atoms with Crippen LogP contribution in [0, 0.1) is 0 Å². The Labute approximate surface area is 109 Å². The summed E-state index contributed by atoms with van der Waals surface area (Å²) in [6.45, 7) is 2.75. The summed E-state index contributed by atoms with van der Waals surface area (Å²) in [5.41, 5.74) is 6.58. The Balaban J connectivity index is 2.39. The molecule has 0 bridgehead atoms. The van der Waals surface area contributed by atoms with Crippen LogP contribution in [0.25, 0.3) is 10.4 Å². The summed E-state index contributed by atoms with van der Waals surface area (Å²) in [6.07, 6.45) is 2.71. The molecular formula is C12H13ClN2OS. The van der Waals surface area contributed by atoms with E-state index in [9.17, 15) is 0 Å². The van der Waals surface area contributed by atoms with Crippen LogP contribution in [-0.4, -0.2) is 11.6 Å². The first-order valence-electron chi connectivity index (χ1n) is 5.34. The Kier molecular flexibility index (Phi) is 3.86. The number of halogens is 1. The number of benzene rings is 1. The monoisotopic (exact) mass is 268 g/mol. The zero-order chi connectivity index (χ0) is 12.3. The lowest BCUT2D eigenvalue weighted by Gasteiger charge is -2.09. The molecule has 3 nitrogen and oxygen atoms in total. The number of nitrogens with two attached hydrogens (primary N) is 1. The third-order valence-electron chi connectivity index (χ3n) is 2.19. The first kappa shape index (κ1) is 12.2. The van der Waals surface area contributed by atoms with Gasteiger partial charge in [0.25, 0.3) is 0 Å². The molecule has 0 fully saturated rings. The van der Waals surface area contributed by atoms with Crippen LogP contribution in [-0.2, 0) is 0 Å². The van der Waals surface area contributed by atoms with E-state index in [1.54, 1.807) is 6.20 Å². The molecule has 1 aromatic carbocycles. The highest BCUT2D eigenvalue weighted by atomic mass is 35.5. The van der Waals surface area contributed by atoms with Crippen LogP contribution < -0.4 is 10.5 Å². The van der Waals surface area contributed by atoms with E-state index in [-0.39, 0.29) is 0 Å². The summed E-state index contributed by atoms with van der Waals surface area (Å²) in [5.74, 6) is 0.819. The van der Waals surface area contributed by atoms with E-state index in [2.05, 4.69) is 11.9 Å². The number of hydrogen-bond donors (Lipinski definition) is 1. The number of ether oxygens (including phenoxy) is 1. The molecule has 0 saturated carbocycles. The summed E-state index contributed by atoms with van der Waals surface area (Å²) in [4.78, 5) is 5.01. The van der Waals surface area contributed by atoms with E-state index >= 15 is 0 Å². The quantitative estimate of drug-likeness (QED) is 0.917. The van der Waals surface area contributed by atoms with Crippen molar-refractivity contribution < 1.29 is 4.74 Å². The molecule has 90 valence electrons. The molecule has 5 heteroatoms. The highest BCUT2D eigenvalue weighted by Crippen LogP contribution is 2.36. The van der Waals surface area contributed by atoms with Gasteiger partial charge in [-0.05, 0) is 24.6 Å². The second-order valence-electron chi connectivity index (χ2n) is 3.55. The molecule has 2 N–H and O–H groups in total. The minimum atomic E-state index is 0.543. The highest BCUT2D eigenvalue weighted by molar-refractivity contribution is 7.18. The third-order valence-corrected chi connectivity index (χ3v) is 3.29. The fraction of sp³-hybridized carbons (Fsp3) is 0.250. The number of nitrogen functional groups attached to an aromatic ring is 1. The average Bonchev–Trinajstić information content (AvgIpc) is 2.74. The van der Waals surface area contributed by atoms with Crippen molar-refractivity contribution in [3.05, 3.63) is 29.4 Å². The van der Waals surface area contributed by atoms with Crippen molar-refractivity contribution >= 4 is 28.1 Å². The third kappa shape index (κ3) is 2.90. The molecule has 0 saturated heterocycles. The van der Waals surface area contributed by atoms with Crippen LogP contribution in [0.1, 0.15) is 13.3 Å². The maximum Gasteiger partial charge on any atom is 0.180 e. The van der Waals surface area contributed by atoms with Crippen LogP contribution >= 0.6 is 22.9 Å². The minimum Gasteiger partial charge on any atom is -0.493 e. The van der Waals surface area contributed by atoms with Crippen LogP contribution in [0.4, 0.5) is 5.13 Å². The lowest BCUT2D eigenvalue weighted by molar-refractivity contribution is 0.319. The molecule has 0 radical (unpaired) electrons. The Bertz CT molecular complexity index is 513. The molecule has 2 aromatic rings. The SMILES string of the molecule is CCCOc1ccc(Cl)cc1-c1cnc(N)s1. The molecule has 1 heterocycles. The van der Waals surface area contributed by atoms with Gasteiger partial charge >= 0.3 is 0 Å². The Hall–Kier alpha value is -1.26. The molecule has 0 aliphatic heterocycles. The van der Waals surface area contributed by atoms with Gasteiger partial charge < -0.3 is 10.5 Å². The van der Waals surface area contributed by atoms with Crippen molar-refractivity contribution in [2.45, 2.75) is 13.3 Å². The Morgan fingerprint density at radius 2 is 2.29 bits per heavy atom.